The number of hydrogen-bond donors (Lipinski definition) is 1. The minimum Gasteiger partial charge on any atom is -0.493 e. The second-order valence-electron chi connectivity index (χ2n) is 6.24. The molecule has 0 radical (unpaired) electrons. The smallest absolute Gasteiger partial charge is 0.261 e. The Hall–Kier alpha value is -2.94. The number of ether oxygens (including phenoxy) is 2. The number of fused-ring (bicyclic) bond motifs is 1. The highest BCUT2D eigenvalue weighted by Crippen LogP contribution is 2.29. The van der Waals surface area contributed by atoms with Crippen LogP contribution >= 0.6 is 15.9 Å². The summed E-state index contributed by atoms with van der Waals surface area (Å²) in [7, 11) is 3.00. The molecule has 0 atom stereocenters. The summed E-state index contributed by atoms with van der Waals surface area (Å²) in [5, 5.41) is 2.92. The molecule has 1 amide bonds. The van der Waals surface area contributed by atoms with Crippen molar-refractivity contribution >= 4 is 38.4 Å². The highest BCUT2D eigenvalue weighted by atomic mass is 79.9. The fraction of sp³-hybridized carbons (Fsp3) is 0.250. The van der Waals surface area contributed by atoms with Crippen LogP contribution in [0.1, 0.15) is 12.8 Å². The first-order chi connectivity index (χ1) is 13.9. The fourth-order valence-electron chi connectivity index (χ4n) is 2.86. The lowest BCUT2D eigenvalue weighted by Gasteiger charge is -2.11. The molecule has 7 nitrogen and oxygen atoms in total. The van der Waals surface area contributed by atoms with Gasteiger partial charge in [-0.15, -0.1) is 0 Å². The number of anilines is 1. The van der Waals surface area contributed by atoms with Crippen LogP contribution in [0.5, 0.6) is 11.5 Å². The molecule has 1 heterocycles. The molecule has 1 aromatic heterocycles. The van der Waals surface area contributed by atoms with Crippen LogP contribution in [-0.2, 0) is 11.3 Å². The predicted octanol–water partition coefficient (Wildman–Crippen LogP) is 3.73. The van der Waals surface area contributed by atoms with Gasteiger partial charge in [0.05, 0.1) is 37.1 Å². The normalized spacial score (nSPS) is 10.8. The zero-order valence-electron chi connectivity index (χ0n) is 15.9. The Balaban J connectivity index is 1.68. The lowest BCUT2D eigenvalue weighted by molar-refractivity contribution is -0.116. The van der Waals surface area contributed by atoms with E-state index in [-0.39, 0.29) is 23.6 Å². The quantitative estimate of drug-likeness (QED) is 0.576. The molecule has 9 heteroatoms. The van der Waals surface area contributed by atoms with E-state index in [0.29, 0.717) is 39.8 Å². The van der Waals surface area contributed by atoms with Crippen molar-refractivity contribution in [3.8, 4) is 11.5 Å². The van der Waals surface area contributed by atoms with Gasteiger partial charge in [-0.1, -0.05) is 15.9 Å². The molecule has 0 unspecified atom stereocenters. The van der Waals surface area contributed by atoms with Crippen molar-refractivity contribution in [3.63, 3.8) is 0 Å². The SMILES string of the molecule is COc1cc2ncn(CCCC(=O)Nc3ccc(Br)cc3F)c(=O)c2cc1OC. The first kappa shape index (κ1) is 20.8. The van der Waals surface area contributed by atoms with Crippen molar-refractivity contribution in [1.29, 1.82) is 0 Å². The standard InChI is InChI=1S/C20H19BrFN3O4/c1-28-17-9-13-16(10-18(17)29-2)23-11-25(20(13)27)7-3-4-19(26)24-15-6-5-12(21)8-14(15)22/h5-6,8-11H,3-4,7H2,1-2H3,(H,24,26). The van der Waals surface area contributed by atoms with Crippen molar-refractivity contribution in [1.82, 2.24) is 9.55 Å². The van der Waals surface area contributed by atoms with Gasteiger partial charge in [0.1, 0.15) is 5.82 Å². The van der Waals surface area contributed by atoms with E-state index in [2.05, 4.69) is 26.2 Å². The summed E-state index contributed by atoms with van der Waals surface area (Å²) in [6, 6.07) is 7.63. The fourth-order valence-corrected chi connectivity index (χ4v) is 3.19. The van der Waals surface area contributed by atoms with Crippen LogP contribution in [0.25, 0.3) is 10.9 Å². The molecule has 0 aliphatic rings. The lowest BCUT2D eigenvalue weighted by Crippen LogP contribution is -2.22. The maximum absolute atomic E-state index is 13.8. The molecular weight excluding hydrogens is 445 g/mol. The minimum atomic E-state index is -0.521. The van der Waals surface area contributed by atoms with Gasteiger partial charge in [0, 0.05) is 23.5 Å². The van der Waals surface area contributed by atoms with Gasteiger partial charge in [-0.2, -0.15) is 0 Å². The molecule has 29 heavy (non-hydrogen) atoms. The number of aromatic nitrogens is 2. The number of amides is 1. The average Bonchev–Trinajstić information content (AvgIpc) is 2.71. The first-order valence-corrected chi connectivity index (χ1v) is 9.58. The molecule has 0 saturated heterocycles. The Bertz CT molecular complexity index is 1120. The third-order valence-corrected chi connectivity index (χ3v) is 4.83. The van der Waals surface area contributed by atoms with Gasteiger partial charge < -0.3 is 14.8 Å². The third kappa shape index (κ3) is 4.73. The number of nitrogens with zero attached hydrogens (tertiary/aromatic N) is 2. The van der Waals surface area contributed by atoms with E-state index in [1.165, 1.54) is 37.2 Å². The van der Waals surface area contributed by atoms with E-state index in [4.69, 9.17) is 9.47 Å². The number of aryl methyl sites for hydroxylation is 1. The summed E-state index contributed by atoms with van der Waals surface area (Å²) in [4.78, 5) is 29.1. The zero-order chi connectivity index (χ0) is 21.0. The molecule has 1 N–H and O–H groups in total. The number of benzene rings is 2. The summed E-state index contributed by atoms with van der Waals surface area (Å²) in [5.74, 6) is 0.0699. The van der Waals surface area contributed by atoms with Crippen LogP contribution in [0.15, 0.2) is 45.9 Å². The largest absolute Gasteiger partial charge is 0.493 e. The molecular formula is C20H19BrFN3O4. The van der Waals surface area contributed by atoms with Crippen LogP contribution in [0.3, 0.4) is 0 Å². The maximum Gasteiger partial charge on any atom is 0.261 e. The Labute approximate surface area is 174 Å². The molecule has 2 aromatic carbocycles. The number of halogens is 2. The summed E-state index contributed by atoms with van der Waals surface area (Å²) in [6.07, 6.45) is 1.96. The molecule has 0 aliphatic heterocycles. The van der Waals surface area contributed by atoms with Crippen LogP contribution in [0, 0.1) is 5.82 Å². The number of nitrogens with one attached hydrogen (secondary N) is 1. The van der Waals surface area contributed by atoms with Gasteiger partial charge in [-0.05, 0) is 30.7 Å². The van der Waals surface area contributed by atoms with Gasteiger partial charge in [-0.25, -0.2) is 9.37 Å². The average molecular weight is 464 g/mol. The Morgan fingerprint density at radius 1 is 1.21 bits per heavy atom. The van der Waals surface area contributed by atoms with Gasteiger partial charge in [0.15, 0.2) is 11.5 Å². The molecule has 0 aliphatic carbocycles. The highest BCUT2D eigenvalue weighted by Gasteiger charge is 2.12. The molecule has 0 bridgehead atoms. The number of hydrogen-bond acceptors (Lipinski definition) is 5. The van der Waals surface area contributed by atoms with Crippen LogP contribution < -0.4 is 20.3 Å². The van der Waals surface area contributed by atoms with Gasteiger partial charge in [0.25, 0.3) is 5.56 Å². The first-order valence-electron chi connectivity index (χ1n) is 8.79. The summed E-state index contributed by atoms with van der Waals surface area (Å²) in [5.41, 5.74) is 0.367. The summed E-state index contributed by atoms with van der Waals surface area (Å²) >= 11 is 3.17. The zero-order valence-corrected chi connectivity index (χ0v) is 17.5. The maximum atomic E-state index is 13.8. The van der Waals surface area contributed by atoms with E-state index >= 15 is 0 Å². The van der Waals surface area contributed by atoms with Gasteiger partial charge in [-0.3, -0.25) is 14.2 Å². The van der Waals surface area contributed by atoms with Crippen molar-refractivity contribution in [2.24, 2.45) is 0 Å². The van der Waals surface area contributed by atoms with Crippen LogP contribution in [0.4, 0.5) is 10.1 Å². The molecule has 3 aromatic rings. The number of rotatable bonds is 7. The third-order valence-electron chi connectivity index (χ3n) is 4.34. The van der Waals surface area contributed by atoms with E-state index < -0.39 is 5.82 Å². The van der Waals surface area contributed by atoms with Crippen molar-refractivity contribution in [3.05, 3.63) is 57.3 Å². The summed E-state index contributed by atoms with van der Waals surface area (Å²) < 4.78 is 26.3. The number of carbonyl (C=O) groups is 1. The Morgan fingerprint density at radius 3 is 2.62 bits per heavy atom. The second kappa shape index (κ2) is 9.04. The monoisotopic (exact) mass is 463 g/mol. The highest BCUT2D eigenvalue weighted by molar-refractivity contribution is 9.10. The van der Waals surface area contributed by atoms with Crippen molar-refractivity contribution in [2.75, 3.05) is 19.5 Å². The molecule has 152 valence electrons. The van der Waals surface area contributed by atoms with Gasteiger partial charge in [0.2, 0.25) is 5.91 Å². The van der Waals surface area contributed by atoms with Crippen molar-refractivity contribution in [2.45, 2.75) is 19.4 Å². The van der Waals surface area contributed by atoms with Gasteiger partial charge >= 0.3 is 0 Å². The predicted molar refractivity (Wildman–Crippen MR) is 111 cm³/mol. The van der Waals surface area contributed by atoms with E-state index in [1.54, 1.807) is 18.2 Å². The lowest BCUT2D eigenvalue weighted by atomic mass is 10.2. The van der Waals surface area contributed by atoms with Crippen LogP contribution in [0.2, 0.25) is 0 Å². The van der Waals surface area contributed by atoms with Crippen molar-refractivity contribution < 1.29 is 18.7 Å². The molecule has 0 saturated carbocycles. The number of carbonyl (C=O) groups excluding carboxylic acids is 1. The van der Waals surface area contributed by atoms with E-state index in [9.17, 15) is 14.0 Å². The summed E-state index contributed by atoms with van der Waals surface area (Å²) in [6.45, 7) is 0.298. The van der Waals surface area contributed by atoms with E-state index in [1.807, 2.05) is 0 Å². The minimum absolute atomic E-state index is 0.115. The Morgan fingerprint density at radius 2 is 1.93 bits per heavy atom. The Kier molecular flexibility index (Phi) is 6.48. The molecule has 3 rings (SSSR count). The van der Waals surface area contributed by atoms with E-state index in [0.717, 1.165) is 0 Å². The molecule has 0 spiro atoms. The number of methoxy groups -OCH3 is 2. The second-order valence-corrected chi connectivity index (χ2v) is 7.16. The topological polar surface area (TPSA) is 82.5 Å². The van der Waals surface area contributed by atoms with Crippen LogP contribution in [-0.4, -0.2) is 29.7 Å². The molecule has 0 fully saturated rings.